The molecule has 1 aromatic carbocycles. The van der Waals surface area contributed by atoms with Gasteiger partial charge in [0, 0.05) is 12.6 Å². The first kappa shape index (κ1) is 14.9. The summed E-state index contributed by atoms with van der Waals surface area (Å²) >= 11 is 0. The van der Waals surface area contributed by atoms with Crippen LogP contribution in [-0.2, 0) is 16.2 Å². The van der Waals surface area contributed by atoms with Gasteiger partial charge in [0.1, 0.15) is 0 Å². The number of benzene rings is 1. The predicted molar refractivity (Wildman–Crippen MR) is 60.3 cm³/mol. The van der Waals surface area contributed by atoms with Crippen LogP contribution in [0.15, 0.2) is 29.2 Å². The number of alkyl halides is 3. The summed E-state index contributed by atoms with van der Waals surface area (Å²) in [6, 6.07) is 2.78. The summed E-state index contributed by atoms with van der Waals surface area (Å²) in [6.07, 6.45) is -4.49. The van der Waals surface area contributed by atoms with Gasteiger partial charge in [0.25, 0.3) is 0 Å². The molecule has 102 valence electrons. The highest BCUT2D eigenvalue weighted by Crippen LogP contribution is 2.29. The van der Waals surface area contributed by atoms with Crippen LogP contribution in [0, 0.1) is 0 Å². The summed E-state index contributed by atoms with van der Waals surface area (Å²) in [5.41, 5.74) is 4.37. The van der Waals surface area contributed by atoms with Gasteiger partial charge in [-0.15, -0.1) is 0 Å². The quantitative estimate of drug-likeness (QED) is 0.875. The van der Waals surface area contributed by atoms with Crippen molar-refractivity contribution in [1.29, 1.82) is 0 Å². The average molecular weight is 282 g/mol. The fraction of sp³-hybridized carbons (Fsp3) is 0.400. The van der Waals surface area contributed by atoms with Crippen LogP contribution in [0.4, 0.5) is 13.2 Å². The van der Waals surface area contributed by atoms with Crippen LogP contribution in [-0.4, -0.2) is 21.0 Å². The van der Waals surface area contributed by atoms with Crippen LogP contribution in [0.1, 0.15) is 12.5 Å². The number of sulfonamides is 1. The van der Waals surface area contributed by atoms with E-state index in [4.69, 9.17) is 5.73 Å². The van der Waals surface area contributed by atoms with Crippen LogP contribution < -0.4 is 10.5 Å². The minimum absolute atomic E-state index is 0.0971. The standard InChI is InChI=1S/C10H13F3N2O2S/c1-7(6-14)15-18(16,17)9-4-2-8(3-5-9)10(11,12)13/h2-5,7,15H,6,14H2,1H3/t7-/m1/s1. The fourth-order valence-electron chi connectivity index (χ4n) is 1.20. The molecule has 8 heteroatoms. The van der Waals surface area contributed by atoms with Crippen LogP contribution in [0.5, 0.6) is 0 Å². The van der Waals surface area contributed by atoms with E-state index in [2.05, 4.69) is 4.72 Å². The van der Waals surface area contributed by atoms with E-state index in [0.29, 0.717) is 0 Å². The summed E-state index contributed by atoms with van der Waals surface area (Å²) in [7, 11) is -3.83. The molecular weight excluding hydrogens is 269 g/mol. The van der Waals surface area contributed by atoms with E-state index in [1.807, 2.05) is 0 Å². The van der Waals surface area contributed by atoms with Crippen LogP contribution in [0.25, 0.3) is 0 Å². The number of rotatable bonds is 4. The molecule has 0 aliphatic carbocycles. The highest BCUT2D eigenvalue weighted by Gasteiger charge is 2.30. The molecule has 0 aliphatic heterocycles. The van der Waals surface area contributed by atoms with Crippen molar-refractivity contribution in [3.8, 4) is 0 Å². The van der Waals surface area contributed by atoms with Crippen molar-refractivity contribution in [2.45, 2.75) is 24.0 Å². The van der Waals surface area contributed by atoms with E-state index < -0.39 is 27.8 Å². The Kier molecular flexibility index (Phi) is 4.36. The van der Waals surface area contributed by atoms with E-state index in [0.717, 1.165) is 24.3 Å². The van der Waals surface area contributed by atoms with Crippen molar-refractivity contribution < 1.29 is 21.6 Å². The molecule has 0 aromatic heterocycles. The lowest BCUT2D eigenvalue weighted by molar-refractivity contribution is -0.137. The second kappa shape index (κ2) is 5.25. The van der Waals surface area contributed by atoms with Gasteiger partial charge in [0.05, 0.1) is 10.5 Å². The lowest BCUT2D eigenvalue weighted by Gasteiger charge is -2.12. The molecule has 0 unspecified atom stereocenters. The van der Waals surface area contributed by atoms with E-state index in [1.54, 1.807) is 6.92 Å². The van der Waals surface area contributed by atoms with Gasteiger partial charge >= 0.3 is 6.18 Å². The number of nitrogens with one attached hydrogen (secondary N) is 1. The van der Waals surface area contributed by atoms with E-state index in [1.165, 1.54) is 0 Å². The van der Waals surface area contributed by atoms with Gasteiger partial charge in [-0.1, -0.05) is 0 Å². The van der Waals surface area contributed by atoms with E-state index >= 15 is 0 Å². The summed E-state index contributed by atoms with van der Waals surface area (Å²) in [5, 5.41) is 0. The number of hydrogen-bond acceptors (Lipinski definition) is 3. The smallest absolute Gasteiger partial charge is 0.329 e. The maximum atomic E-state index is 12.3. The molecule has 18 heavy (non-hydrogen) atoms. The van der Waals surface area contributed by atoms with Gasteiger partial charge in [-0.05, 0) is 31.2 Å². The molecule has 0 heterocycles. The fourth-order valence-corrected chi connectivity index (χ4v) is 2.46. The monoisotopic (exact) mass is 282 g/mol. The molecule has 3 N–H and O–H groups in total. The van der Waals surface area contributed by atoms with Crippen LogP contribution in [0.2, 0.25) is 0 Å². The molecule has 0 aliphatic rings. The first-order valence-electron chi connectivity index (χ1n) is 5.06. The molecule has 0 saturated carbocycles. The lowest BCUT2D eigenvalue weighted by atomic mass is 10.2. The van der Waals surface area contributed by atoms with Gasteiger partial charge in [-0.2, -0.15) is 13.2 Å². The Bertz CT molecular complexity index is 497. The Balaban J connectivity index is 2.98. The third kappa shape index (κ3) is 3.69. The van der Waals surface area contributed by atoms with Gasteiger partial charge < -0.3 is 5.73 Å². The second-order valence-corrected chi connectivity index (χ2v) is 5.49. The zero-order chi connectivity index (χ0) is 14.0. The molecular formula is C10H13F3N2O2S. The van der Waals surface area contributed by atoms with Gasteiger partial charge in [0.2, 0.25) is 10.0 Å². The van der Waals surface area contributed by atoms with Crippen molar-refractivity contribution in [3.63, 3.8) is 0 Å². The molecule has 4 nitrogen and oxygen atoms in total. The van der Waals surface area contributed by atoms with Crippen molar-refractivity contribution in [1.82, 2.24) is 4.72 Å². The zero-order valence-corrected chi connectivity index (χ0v) is 10.3. The van der Waals surface area contributed by atoms with Crippen molar-refractivity contribution in [2.75, 3.05) is 6.54 Å². The molecule has 1 aromatic rings. The van der Waals surface area contributed by atoms with Gasteiger partial charge in [-0.25, -0.2) is 13.1 Å². The third-order valence-corrected chi connectivity index (χ3v) is 3.81. The van der Waals surface area contributed by atoms with Crippen LogP contribution in [0.3, 0.4) is 0 Å². The summed E-state index contributed by atoms with van der Waals surface area (Å²) in [4.78, 5) is -0.226. The van der Waals surface area contributed by atoms with Gasteiger partial charge in [0.15, 0.2) is 0 Å². The molecule has 0 fully saturated rings. The van der Waals surface area contributed by atoms with Gasteiger partial charge in [-0.3, -0.25) is 0 Å². The first-order chi connectivity index (χ1) is 8.16. The number of nitrogens with two attached hydrogens (primary N) is 1. The third-order valence-electron chi connectivity index (χ3n) is 2.20. The average Bonchev–Trinajstić information content (AvgIpc) is 2.27. The summed E-state index contributed by atoms with van der Waals surface area (Å²) < 4.78 is 62.6. The summed E-state index contributed by atoms with van der Waals surface area (Å²) in [6.45, 7) is 1.65. The number of halogens is 3. The topological polar surface area (TPSA) is 72.2 Å². The van der Waals surface area contributed by atoms with E-state index in [9.17, 15) is 21.6 Å². The normalized spacial score (nSPS) is 14.5. The van der Waals surface area contributed by atoms with Crippen LogP contribution >= 0.6 is 0 Å². The number of hydrogen-bond donors (Lipinski definition) is 2. The lowest BCUT2D eigenvalue weighted by Crippen LogP contribution is -2.37. The van der Waals surface area contributed by atoms with Crippen molar-refractivity contribution in [3.05, 3.63) is 29.8 Å². The van der Waals surface area contributed by atoms with E-state index in [-0.39, 0.29) is 11.4 Å². The Morgan fingerprint density at radius 2 is 1.78 bits per heavy atom. The molecule has 1 atom stereocenters. The molecule has 0 radical (unpaired) electrons. The van der Waals surface area contributed by atoms with Crippen molar-refractivity contribution in [2.24, 2.45) is 5.73 Å². The minimum Gasteiger partial charge on any atom is -0.329 e. The molecule has 1 rings (SSSR count). The zero-order valence-electron chi connectivity index (χ0n) is 9.53. The highest BCUT2D eigenvalue weighted by molar-refractivity contribution is 7.89. The summed E-state index contributed by atoms with van der Waals surface area (Å²) in [5.74, 6) is 0. The predicted octanol–water partition coefficient (Wildman–Crippen LogP) is 1.33. The minimum atomic E-state index is -4.49. The largest absolute Gasteiger partial charge is 0.416 e. The Morgan fingerprint density at radius 1 is 1.28 bits per heavy atom. The first-order valence-corrected chi connectivity index (χ1v) is 6.55. The molecule has 0 saturated heterocycles. The Labute approximate surface area is 103 Å². The van der Waals surface area contributed by atoms with Crippen molar-refractivity contribution >= 4 is 10.0 Å². The highest BCUT2D eigenvalue weighted by atomic mass is 32.2. The Hall–Kier alpha value is -1.12. The maximum absolute atomic E-state index is 12.3. The second-order valence-electron chi connectivity index (χ2n) is 3.78. The molecule has 0 amide bonds. The molecule has 0 bridgehead atoms. The molecule has 0 spiro atoms. The SMILES string of the molecule is C[C@H](CN)NS(=O)(=O)c1ccc(C(F)(F)F)cc1. The Morgan fingerprint density at radius 3 is 2.17 bits per heavy atom. The maximum Gasteiger partial charge on any atom is 0.416 e.